The van der Waals surface area contributed by atoms with Gasteiger partial charge in [-0.3, -0.25) is 4.57 Å². The van der Waals surface area contributed by atoms with Gasteiger partial charge in [0.25, 0.3) is 0 Å². The molecule has 0 aliphatic rings. The molecule has 1 aromatic rings. The predicted molar refractivity (Wildman–Crippen MR) is 61.4 cm³/mol. The van der Waals surface area contributed by atoms with Gasteiger partial charge in [0, 0.05) is 13.6 Å². The Kier molecular flexibility index (Phi) is 4.41. The highest BCUT2D eigenvalue weighted by molar-refractivity contribution is 7.98. The van der Waals surface area contributed by atoms with Gasteiger partial charge in [0.05, 0.1) is 0 Å². The van der Waals surface area contributed by atoms with Crippen LogP contribution in [0.3, 0.4) is 0 Å². The number of aryl methyl sites for hydroxylation is 1. The molecule has 1 rings (SSSR count). The lowest BCUT2D eigenvalue weighted by Gasteiger charge is -2.04. The van der Waals surface area contributed by atoms with E-state index in [-0.39, 0.29) is 5.82 Å². The molecule has 0 aliphatic carbocycles. The van der Waals surface area contributed by atoms with Gasteiger partial charge in [-0.15, -0.1) is 0 Å². The number of hydrogen-bond acceptors (Lipinski definition) is 5. The minimum Gasteiger partial charge on any atom is -0.364 e. The van der Waals surface area contributed by atoms with Crippen LogP contribution in [0.2, 0.25) is 0 Å². The molecule has 0 fully saturated rings. The van der Waals surface area contributed by atoms with Gasteiger partial charge < -0.3 is 15.4 Å². The monoisotopic (exact) mass is 230 g/mol. The van der Waals surface area contributed by atoms with Gasteiger partial charge in [-0.2, -0.15) is 11.8 Å². The Morgan fingerprint density at radius 2 is 2.47 bits per heavy atom. The van der Waals surface area contributed by atoms with Crippen LogP contribution in [0.5, 0.6) is 0 Å². The first-order chi connectivity index (χ1) is 7.16. The van der Waals surface area contributed by atoms with Gasteiger partial charge in [0.1, 0.15) is 0 Å². The second-order valence-electron chi connectivity index (χ2n) is 3.06. The molecule has 0 radical (unpaired) electrons. The number of thioether (sulfide) groups is 1. The zero-order valence-electron chi connectivity index (χ0n) is 8.77. The zero-order chi connectivity index (χ0) is 11.3. The summed E-state index contributed by atoms with van der Waals surface area (Å²) in [4.78, 5) is 13.8. The highest BCUT2D eigenvalue weighted by atomic mass is 32.2. The van der Waals surface area contributed by atoms with Crippen molar-refractivity contribution in [2.45, 2.75) is 6.42 Å². The Balaban J connectivity index is 2.58. The fourth-order valence-corrected chi connectivity index (χ4v) is 1.61. The Morgan fingerprint density at radius 3 is 3.07 bits per heavy atom. The summed E-state index contributed by atoms with van der Waals surface area (Å²) >= 11 is 1.76. The molecule has 1 heterocycles. The van der Waals surface area contributed by atoms with Crippen LogP contribution in [0.4, 0.5) is 11.6 Å². The van der Waals surface area contributed by atoms with Gasteiger partial charge >= 0.3 is 5.82 Å². The summed E-state index contributed by atoms with van der Waals surface area (Å²) in [5.74, 6) is 1.40. The fourth-order valence-electron chi connectivity index (χ4n) is 1.18. The molecule has 0 bridgehead atoms. The van der Waals surface area contributed by atoms with Gasteiger partial charge in [-0.1, -0.05) is 0 Å². The van der Waals surface area contributed by atoms with E-state index in [4.69, 9.17) is 0 Å². The van der Waals surface area contributed by atoms with Crippen molar-refractivity contribution >= 4 is 23.4 Å². The molecule has 84 valence electrons. The third-order valence-corrected chi connectivity index (χ3v) is 2.61. The maximum atomic E-state index is 10.6. The van der Waals surface area contributed by atoms with Crippen molar-refractivity contribution in [3.05, 3.63) is 16.4 Å². The number of aromatic nitrogens is 2. The fraction of sp³-hybridized carbons (Fsp3) is 0.625. The first kappa shape index (κ1) is 11.8. The smallest absolute Gasteiger partial charge is 0.364 e. The number of anilines is 1. The van der Waals surface area contributed by atoms with Gasteiger partial charge in [-0.25, -0.2) is 0 Å². The average molecular weight is 230 g/mol. The van der Waals surface area contributed by atoms with E-state index >= 15 is 0 Å². The molecule has 0 atom stereocenters. The number of nitro groups is 1. The molecule has 0 saturated carbocycles. The molecule has 15 heavy (non-hydrogen) atoms. The highest BCUT2D eigenvalue weighted by Gasteiger charge is 2.18. The van der Waals surface area contributed by atoms with Crippen LogP contribution >= 0.6 is 11.8 Å². The van der Waals surface area contributed by atoms with E-state index in [2.05, 4.69) is 10.3 Å². The molecule has 6 nitrogen and oxygen atoms in total. The molecule has 0 spiro atoms. The quantitative estimate of drug-likeness (QED) is 0.455. The maximum absolute atomic E-state index is 10.6. The predicted octanol–water partition coefficient (Wildman–Crippen LogP) is 1.49. The molecule has 0 saturated heterocycles. The average Bonchev–Trinajstić information content (AvgIpc) is 2.55. The summed E-state index contributed by atoms with van der Waals surface area (Å²) < 4.78 is 1.62. The minimum absolute atomic E-state index is 0.110. The normalized spacial score (nSPS) is 10.3. The molecular weight excluding hydrogens is 216 g/mol. The number of nitrogens with zero attached hydrogens (tertiary/aromatic N) is 3. The molecule has 0 amide bonds. The summed E-state index contributed by atoms with van der Waals surface area (Å²) in [6.45, 7) is 0.723. The minimum atomic E-state index is -0.475. The molecule has 1 aromatic heterocycles. The summed E-state index contributed by atoms with van der Waals surface area (Å²) in [7, 11) is 1.73. The lowest BCUT2D eigenvalue weighted by Crippen LogP contribution is -2.07. The van der Waals surface area contributed by atoms with Crippen LogP contribution in [0, 0.1) is 10.1 Å². The second kappa shape index (κ2) is 5.59. The summed E-state index contributed by atoms with van der Waals surface area (Å²) in [5.41, 5.74) is 0. The van der Waals surface area contributed by atoms with Crippen LogP contribution < -0.4 is 5.32 Å². The van der Waals surface area contributed by atoms with Crippen molar-refractivity contribution in [3.63, 3.8) is 0 Å². The summed E-state index contributed by atoms with van der Waals surface area (Å²) in [6.07, 6.45) is 4.45. The SMILES string of the molecule is CSCCCNc1c([N+](=O)[O-])ncn1C. The number of rotatable bonds is 6. The van der Waals surface area contributed by atoms with E-state index in [1.165, 1.54) is 6.33 Å². The lowest BCUT2D eigenvalue weighted by atomic mass is 10.4. The maximum Gasteiger partial charge on any atom is 0.406 e. The van der Waals surface area contributed by atoms with E-state index in [9.17, 15) is 10.1 Å². The first-order valence-electron chi connectivity index (χ1n) is 4.55. The topological polar surface area (TPSA) is 73.0 Å². The van der Waals surface area contributed by atoms with Crippen LogP contribution in [-0.2, 0) is 7.05 Å². The van der Waals surface area contributed by atoms with Crippen LogP contribution in [0.15, 0.2) is 6.33 Å². The summed E-state index contributed by atoms with van der Waals surface area (Å²) in [5, 5.41) is 13.6. The molecule has 0 aromatic carbocycles. The van der Waals surface area contributed by atoms with Gasteiger partial charge in [-0.05, 0) is 28.3 Å². The number of hydrogen-bond donors (Lipinski definition) is 1. The standard InChI is InChI=1S/C8H14N4O2S/c1-11-6-10-8(12(13)14)7(11)9-4-3-5-15-2/h6,9H,3-5H2,1-2H3. The van der Waals surface area contributed by atoms with E-state index in [0.29, 0.717) is 5.82 Å². The third kappa shape index (κ3) is 3.12. The molecule has 0 aliphatic heterocycles. The van der Waals surface area contributed by atoms with Crippen molar-refractivity contribution in [2.75, 3.05) is 23.9 Å². The third-order valence-electron chi connectivity index (χ3n) is 1.91. The lowest BCUT2D eigenvalue weighted by molar-refractivity contribution is -0.388. The van der Waals surface area contributed by atoms with Crippen LogP contribution in [-0.4, -0.2) is 33.0 Å². The Hall–Kier alpha value is -1.24. The van der Waals surface area contributed by atoms with Crippen molar-refractivity contribution in [1.82, 2.24) is 9.55 Å². The first-order valence-corrected chi connectivity index (χ1v) is 5.94. The molecule has 1 N–H and O–H groups in total. The van der Waals surface area contributed by atoms with Gasteiger partial charge in [0.2, 0.25) is 12.1 Å². The van der Waals surface area contributed by atoms with Crippen LogP contribution in [0.25, 0.3) is 0 Å². The van der Waals surface area contributed by atoms with E-state index in [0.717, 1.165) is 18.7 Å². The van der Waals surface area contributed by atoms with Crippen LogP contribution in [0.1, 0.15) is 6.42 Å². The Labute approximate surface area is 92.2 Å². The van der Waals surface area contributed by atoms with E-state index in [1.807, 2.05) is 6.26 Å². The van der Waals surface area contributed by atoms with Crippen molar-refractivity contribution in [2.24, 2.45) is 7.05 Å². The molecule has 7 heteroatoms. The van der Waals surface area contributed by atoms with Crippen molar-refractivity contribution < 1.29 is 4.92 Å². The number of imidazole rings is 1. The van der Waals surface area contributed by atoms with E-state index < -0.39 is 4.92 Å². The summed E-state index contributed by atoms with van der Waals surface area (Å²) in [6, 6.07) is 0. The number of nitrogens with one attached hydrogen (secondary N) is 1. The van der Waals surface area contributed by atoms with Crippen molar-refractivity contribution in [3.8, 4) is 0 Å². The zero-order valence-corrected chi connectivity index (χ0v) is 9.58. The van der Waals surface area contributed by atoms with E-state index in [1.54, 1.807) is 23.4 Å². The molecular formula is C8H14N4O2S. The van der Waals surface area contributed by atoms with Gasteiger partial charge in [0.15, 0.2) is 0 Å². The Bertz CT molecular complexity index is 339. The van der Waals surface area contributed by atoms with Crippen molar-refractivity contribution in [1.29, 1.82) is 0 Å². The second-order valence-corrected chi connectivity index (χ2v) is 4.04. The highest BCUT2D eigenvalue weighted by Crippen LogP contribution is 2.20. The Morgan fingerprint density at radius 1 is 1.73 bits per heavy atom. The molecule has 0 unspecified atom stereocenters. The largest absolute Gasteiger partial charge is 0.406 e.